The summed E-state index contributed by atoms with van der Waals surface area (Å²) >= 11 is 0. The molecule has 3 rings (SSSR count). The quantitative estimate of drug-likeness (QED) is 0.887. The van der Waals surface area contributed by atoms with E-state index in [1.54, 1.807) is 7.11 Å². The summed E-state index contributed by atoms with van der Waals surface area (Å²) in [6.07, 6.45) is 1.88. The summed E-state index contributed by atoms with van der Waals surface area (Å²) in [7, 11) is 1.68. The average molecular weight is 258 g/mol. The first kappa shape index (κ1) is 12.2. The molecule has 2 N–H and O–H groups in total. The second-order valence-electron chi connectivity index (χ2n) is 5.03. The summed E-state index contributed by atoms with van der Waals surface area (Å²) in [5, 5.41) is 8.57. The van der Waals surface area contributed by atoms with Crippen LogP contribution in [0.5, 0.6) is 5.75 Å². The van der Waals surface area contributed by atoms with Gasteiger partial charge in [0, 0.05) is 24.6 Å². The number of nitrogens with zero attached hydrogens (tertiary/aromatic N) is 3. The molecule has 1 aromatic carbocycles. The lowest BCUT2D eigenvalue weighted by Crippen LogP contribution is -2.32. The third kappa shape index (κ3) is 2.10. The molecular weight excluding hydrogens is 240 g/mol. The number of methoxy groups -OCH3 is 1. The zero-order valence-electron chi connectivity index (χ0n) is 11.3. The highest BCUT2D eigenvalue weighted by atomic mass is 16.5. The molecule has 0 amide bonds. The van der Waals surface area contributed by atoms with Gasteiger partial charge in [-0.1, -0.05) is 12.1 Å². The average Bonchev–Trinajstić information content (AvgIpc) is 2.82. The first-order valence-corrected chi connectivity index (χ1v) is 6.51. The number of nitrogens with two attached hydrogens (primary N) is 1. The van der Waals surface area contributed by atoms with E-state index in [-0.39, 0.29) is 6.04 Å². The van der Waals surface area contributed by atoms with Gasteiger partial charge in [0.25, 0.3) is 0 Å². The van der Waals surface area contributed by atoms with Gasteiger partial charge in [-0.15, -0.1) is 10.2 Å². The first-order chi connectivity index (χ1) is 9.19. The minimum absolute atomic E-state index is 0.189. The lowest BCUT2D eigenvalue weighted by atomic mass is 10.1. The van der Waals surface area contributed by atoms with Crippen molar-refractivity contribution in [2.24, 2.45) is 5.73 Å². The van der Waals surface area contributed by atoms with E-state index in [2.05, 4.69) is 20.8 Å². The van der Waals surface area contributed by atoms with Crippen molar-refractivity contribution in [2.45, 2.75) is 32.4 Å². The van der Waals surface area contributed by atoms with Crippen molar-refractivity contribution in [3.05, 3.63) is 29.6 Å². The Labute approximate surface area is 112 Å². The molecule has 0 saturated carbocycles. The molecule has 0 fully saturated rings. The smallest absolute Gasteiger partial charge is 0.164 e. The van der Waals surface area contributed by atoms with Gasteiger partial charge in [-0.25, -0.2) is 0 Å². The molecule has 0 bridgehead atoms. The number of fused-ring (bicyclic) bond motifs is 1. The first-order valence-electron chi connectivity index (χ1n) is 6.51. The Morgan fingerprint density at radius 1 is 1.37 bits per heavy atom. The zero-order chi connectivity index (χ0) is 13.4. The van der Waals surface area contributed by atoms with Crippen LogP contribution in [0.2, 0.25) is 0 Å². The van der Waals surface area contributed by atoms with E-state index in [1.807, 2.05) is 19.1 Å². The summed E-state index contributed by atoms with van der Waals surface area (Å²) in [5.41, 5.74) is 8.17. The van der Waals surface area contributed by atoms with Gasteiger partial charge in [-0.05, 0) is 25.0 Å². The van der Waals surface area contributed by atoms with E-state index in [0.29, 0.717) is 0 Å². The van der Waals surface area contributed by atoms with Crippen molar-refractivity contribution in [1.29, 1.82) is 0 Å². The molecule has 0 spiro atoms. The van der Waals surface area contributed by atoms with Crippen LogP contribution in [0, 0.1) is 6.92 Å². The largest absolute Gasteiger partial charge is 0.496 e. The summed E-state index contributed by atoms with van der Waals surface area (Å²) in [4.78, 5) is 0. The lowest BCUT2D eigenvalue weighted by Gasteiger charge is -2.21. The van der Waals surface area contributed by atoms with E-state index < -0.39 is 0 Å². The van der Waals surface area contributed by atoms with Crippen molar-refractivity contribution in [3.63, 3.8) is 0 Å². The van der Waals surface area contributed by atoms with Crippen LogP contribution in [0.25, 0.3) is 11.4 Å². The predicted octanol–water partition coefficient (Wildman–Crippen LogP) is 1.54. The summed E-state index contributed by atoms with van der Waals surface area (Å²) in [6, 6.07) is 6.29. The molecule has 0 aliphatic carbocycles. The van der Waals surface area contributed by atoms with E-state index in [0.717, 1.165) is 47.9 Å². The van der Waals surface area contributed by atoms with Gasteiger partial charge in [0.1, 0.15) is 11.6 Å². The Balaban J connectivity index is 2.05. The van der Waals surface area contributed by atoms with Gasteiger partial charge in [-0.2, -0.15) is 0 Å². The van der Waals surface area contributed by atoms with Gasteiger partial charge >= 0.3 is 0 Å². The van der Waals surface area contributed by atoms with Gasteiger partial charge in [0.2, 0.25) is 0 Å². The third-order valence-corrected chi connectivity index (χ3v) is 3.65. The summed E-state index contributed by atoms with van der Waals surface area (Å²) in [6.45, 7) is 2.81. The van der Waals surface area contributed by atoms with E-state index in [4.69, 9.17) is 10.5 Å². The van der Waals surface area contributed by atoms with Gasteiger partial charge in [-0.3, -0.25) is 0 Å². The fourth-order valence-electron chi connectivity index (χ4n) is 2.53. The number of hydrogen-bond donors (Lipinski definition) is 1. The fraction of sp³-hybridized carbons (Fsp3) is 0.429. The van der Waals surface area contributed by atoms with Crippen molar-refractivity contribution in [2.75, 3.05) is 7.11 Å². The number of aryl methyl sites for hydroxylation is 2. The zero-order valence-corrected chi connectivity index (χ0v) is 11.3. The van der Waals surface area contributed by atoms with Gasteiger partial charge in [0.15, 0.2) is 5.82 Å². The fourth-order valence-corrected chi connectivity index (χ4v) is 2.53. The van der Waals surface area contributed by atoms with E-state index >= 15 is 0 Å². The van der Waals surface area contributed by atoms with Gasteiger partial charge in [0.05, 0.1) is 7.11 Å². The maximum absolute atomic E-state index is 6.03. The Bertz CT molecular complexity index is 605. The Morgan fingerprint density at radius 2 is 2.21 bits per heavy atom. The molecule has 100 valence electrons. The number of hydrogen-bond acceptors (Lipinski definition) is 4. The summed E-state index contributed by atoms with van der Waals surface area (Å²) in [5.74, 6) is 2.77. The molecule has 1 aliphatic heterocycles. The molecule has 5 heteroatoms. The van der Waals surface area contributed by atoms with Crippen molar-refractivity contribution in [1.82, 2.24) is 14.8 Å². The molecule has 1 unspecified atom stereocenters. The molecule has 2 heterocycles. The van der Waals surface area contributed by atoms with Crippen LogP contribution in [0.15, 0.2) is 18.2 Å². The van der Waals surface area contributed by atoms with Crippen molar-refractivity contribution < 1.29 is 4.74 Å². The number of benzene rings is 1. The maximum Gasteiger partial charge on any atom is 0.164 e. The summed E-state index contributed by atoms with van der Waals surface area (Å²) < 4.78 is 7.49. The molecule has 1 aliphatic rings. The van der Waals surface area contributed by atoms with Gasteiger partial charge < -0.3 is 15.0 Å². The predicted molar refractivity (Wildman–Crippen MR) is 73.0 cm³/mol. The van der Waals surface area contributed by atoms with Crippen molar-refractivity contribution >= 4 is 0 Å². The SMILES string of the molecule is COc1cc(-c2nnc3n2CC(N)CC3)ccc1C. The highest BCUT2D eigenvalue weighted by molar-refractivity contribution is 5.59. The van der Waals surface area contributed by atoms with Crippen LogP contribution >= 0.6 is 0 Å². The van der Waals surface area contributed by atoms with Crippen molar-refractivity contribution in [3.8, 4) is 17.1 Å². The molecule has 5 nitrogen and oxygen atoms in total. The molecule has 0 saturated heterocycles. The Hall–Kier alpha value is -1.88. The molecule has 2 aromatic rings. The normalized spacial score (nSPS) is 18.2. The highest BCUT2D eigenvalue weighted by Crippen LogP contribution is 2.27. The highest BCUT2D eigenvalue weighted by Gasteiger charge is 2.21. The second-order valence-corrected chi connectivity index (χ2v) is 5.03. The topological polar surface area (TPSA) is 66.0 Å². The third-order valence-electron chi connectivity index (χ3n) is 3.65. The monoisotopic (exact) mass is 258 g/mol. The molecular formula is C14H18N4O. The maximum atomic E-state index is 6.03. The minimum Gasteiger partial charge on any atom is -0.496 e. The van der Waals surface area contributed by atoms with Crippen LogP contribution in [-0.2, 0) is 13.0 Å². The van der Waals surface area contributed by atoms with Crippen LogP contribution in [0.1, 0.15) is 17.8 Å². The number of ether oxygens (including phenoxy) is 1. The van der Waals surface area contributed by atoms with E-state index in [1.165, 1.54) is 0 Å². The lowest BCUT2D eigenvalue weighted by molar-refractivity contribution is 0.411. The number of aromatic nitrogens is 3. The standard InChI is InChI=1S/C14H18N4O/c1-9-3-4-10(7-12(9)19-2)14-17-16-13-6-5-11(15)8-18(13)14/h3-4,7,11H,5-6,8,15H2,1-2H3. The van der Waals surface area contributed by atoms with E-state index in [9.17, 15) is 0 Å². The Morgan fingerprint density at radius 3 is 3.00 bits per heavy atom. The van der Waals surface area contributed by atoms with Crippen LogP contribution < -0.4 is 10.5 Å². The Kier molecular flexibility index (Phi) is 2.98. The molecule has 1 aromatic heterocycles. The van der Waals surface area contributed by atoms with Crippen LogP contribution in [0.4, 0.5) is 0 Å². The molecule has 1 atom stereocenters. The van der Waals surface area contributed by atoms with Crippen LogP contribution in [0.3, 0.4) is 0 Å². The molecule has 19 heavy (non-hydrogen) atoms. The minimum atomic E-state index is 0.189. The molecule has 0 radical (unpaired) electrons. The number of rotatable bonds is 2. The second kappa shape index (κ2) is 4.66. The van der Waals surface area contributed by atoms with Crippen LogP contribution in [-0.4, -0.2) is 27.9 Å².